The van der Waals surface area contributed by atoms with Crippen molar-refractivity contribution in [3.8, 4) is 5.75 Å². The second-order valence-electron chi connectivity index (χ2n) is 6.76. The minimum absolute atomic E-state index is 0.0538. The lowest BCUT2D eigenvalue weighted by Crippen LogP contribution is -2.41. The smallest absolute Gasteiger partial charge is 0.329 e. The molecule has 0 spiro atoms. The fourth-order valence-corrected chi connectivity index (χ4v) is 3.35. The van der Waals surface area contributed by atoms with Crippen LogP contribution in [0.25, 0.3) is 0 Å². The molecule has 7 nitrogen and oxygen atoms in total. The topological polar surface area (TPSA) is 89.0 Å². The number of hydrazone groups is 1. The highest BCUT2D eigenvalue weighted by Crippen LogP contribution is 2.25. The normalized spacial score (nSPS) is 15.8. The fourth-order valence-electron chi connectivity index (χ4n) is 2.85. The third-order valence-corrected chi connectivity index (χ3v) is 5.41. The van der Waals surface area contributed by atoms with Crippen LogP contribution < -0.4 is 15.5 Å². The third-order valence-electron chi connectivity index (χ3n) is 4.44. The van der Waals surface area contributed by atoms with Gasteiger partial charge in [0.2, 0.25) is 0 Å². The Morgan fingerprint density at radius 3 is 2.71 bits per heavy atom. The van der Waals surface area contributed by atoms with E-state index in [0.29, 0.717) is 33.0 Å². The number of halogens is 3. The quantitative estimate of drug-likeness (QED) is 0.353. The highest BCUT2D eigenvalue weighted by atomic mass is 35.5. The maximum Gasteiger partial charge on any atom is 0.329 e. The van der Waals surface area contributed by atoms with Crippen LogP contribution in [0.4, 0.5) is 0 Å². The number of hydrogen-bond donors (Lipinski definition) is 2. The molecular weight excluding hydrogens is 465 g/mol. The van der Waals surface area contributed by atoms with Crippen molar-refractivity contribution in [1.82, 2.24) is 10.7 Å². The summed E-state index contributed by atoms with van der Waals surface area (Å²) in [4.78, 5) is 23.8. The fraction of sp³-hybridized carbons (Fsp3) is 0.286. The molecule has 0 aliphatic carbocycles. The van der Waals surface area contributed by atoms with Crippen LogP contribution in [0.3, 0.4) is 0 Å². The standard InChI is InChI=1S/C21H20Cl3N3O4/c22-15-4-6-19(31-12-13-3-5-17(23)18(24)8-13)14(9-15)10-26-27-21(29)20(28)25-11-16-2-1-7-30-16/h3-6,8-10,16H,1-2,7,11-12H2,(H,25,28)(H,27,29)/b26-10-/t16-/m1/s1. The van der Waals surface area contributed by atoms with Gasteiger partial charge in [0.1, 0.15) is 12.4 Å². The molecule has 3 rings (SSSR count). The number of carbonyl (C=O) groups is 2. The van der Waals surface area contributed by atoms with Gasteiger partial charge in [0, 0.05) is 23.7 Å². The first-order valence-electron chi connectivity index (χ1n) is 9.51. The van der Waals surface area contributed by atoms with Crippen LogP contribution in [0.5, 0.6) is 5.75 Å². The monoisotopic (exact) mass is 483 g/mol. The molecule has 0 radical (unpaired) electrons. The van der Waals surface area contributed by atoms with Gasteiger partial charge in [-0.3, -0.25) is 9.59 Å². The summed E-state index contributed by atoms with van der Waals surface area (Å²) in [5.74, 6) is -1.18. The Hall–Kier alpha value is -2.32. The molecule has 1 atom stereocenters. The third kappa shape index (κ3) is 7.11. The molecule has 2 aromatic rings. The number of nitrogens with one attached hydrogen (secondary N) is 2. The van der Waals surface area contributed by atoms with Crippen molar-refractivity contribution in [3.63, 3.8) is 0 Å². The molecule has 2 N–H and O–H groups in total. The number of benzene rings is 2. The van der Waals surface area contributed by atoms with E-state index < -0.39 is 11.8 Å². The minimum Gasteiger partial charge on any atom is -0.488 e. The van der Waals surface area contributed by atoms with E-state index in [1.165, 1.54) is 6.21 Å². The van der Waals surface area contributed by atoms with Gasteiger partial charge in [-0.1, -0.05) is 40.9 Å². The van der Waals surface area contributed by atoms with E-state index >= 15 is 0 Å². The Labute approximate surface area is 194 Å². The summed E-state index contributed by atoms with van der Waals surface area (Å²) < 4.78 is 11.2. The Morgan fingerprint density at radius 2 is 1.97 bits per heavy atom. The molecule has 164 valence electrons. The number of nitrogens with zero attached hydrogens (tertiary/aromatic N) is 1. The first kappa shape index (κ1) is 23.3. The molecular formula is C21H20Cl3N3O4. The molecule has 0 bridgehead atoms. The highest BCUT2D eigenvalue weighted by Gasteiger charge is 2.19. The molecule has 2 aromatic carbocycles. The van der Waals surface area contributed by atoms with Crippen molar-refractivity contribution < 1.29 is 19.1 Å². The minimum atomic E-state index is -0.880. The Bertz CT molecular complexity index is 978. The molecule has 0 aromatic heterocycles. The van der Waals surface area contributed by atoms with Crippen LogP contribution in [0.1, 0.15) is 24.0 Å². The molecule has 10 heteroatoms. The summed E-state index contributed by atoms with van der Waals surface area (Å²) in [6.07, 6.45) is 3.11. The second kappa shape index (κ2) is 11.3. The lowest BCUT2D eigenvalue weighted by Gasteiger charge is -2.11. The zero-order chi connectivity index (χ0) is 22.2. The van der Waals surface area contributed by atoms with Crippen molar-refractivity contribution in [2.75, 3.05) is 13.2 Å². The summed E-state index contributed by atoms with van der Waals surface area (Å²) in [6, 6.07) is 10.2. The van der Waals surface area contributed by atoms with E-state index in [-0.39, 0.29) is 19.3 Å². The number of carbonyl (C=O) groups excluding carboxylic acids is 2. The number of ether oxygens (including phenoxy) is 2. The molecule has 1 aliphatic rings. The summed E-state index contributed by atoms with van der Waals surface area (Å²) in [7, 11) is 0. The SMILES string of the molecule is O=C(NC[C@H]1CCCO1)C(=O)N/N=C\c1cc(Cl)ccc1OCc1ccc(Cl)c(Cl)c1. The number of hydrogen-bond acceptors (Lipinski definition) is 5. The van der Waals surface area contributed by atoms with Crippen LogP contribution in [-0.2, 0) is 20.9 Å². The van der Waals surface area contributed by atoms with Crippen molar-refractivity contribution >= 4 is 52.8 Å². The summed E-state index contributed by atoms with van der Waals surface area (Å²) >= 11 is 18.0. The molecule has 1 saturated heterocycles. The van der Waals surface area contributed by atoms with Gasteiger partial charge in [0.25, 0.3) is 0 Å². The molecule has 2 amide bonds. The van der Waals surface area contributed by atoms with E-state index in [4.69, 9.17) is 44.3 Å². The van der Waals surface area contributed by atoms with Crippen LogP contribution in [-0.4, -0.2) is 37.3 Å². The molecule has 31 heavy (non-hydrogen) atoms. The van der Waals surface area contributed by atoms with Gasteiger partial charge in [-0.05, 0) is 48.7 Å². The first-order valence-corrected chi connectivity index (χ1v) is 10.6. The van der Waals surface area contributed by atoms with Crippen LogP contribution in [0, 0.1) is 0 Å². The van der Waals surface area contributed by atoms with Crippen LogP contribution in [0.15, 0.2) is 41.5 Å². The largest absolute Gasteiger partial charge is 0.488 e. The molecule has 1 aliphatic heterocycles. The van der Waals surface area contributed by atoms with Crippen molar-refractivity contribution in [2.45, 2.75) is 25.6 Å². The Kier molecular flexibility index (Phi) is 8.54. The van der Waals surface area contributed by atoms with E-state index in [9.17, 15) is 9.59 Å². The number of rotatable bonds is 7. The van der Waals surface area contributed by atoms with Crippen molar-refractivity contribution in [2.24, 2.45) is 5.10 Å². The molecule has 0 saturated carbocycles. The first-order chi connectivity index (χ1) is 14.9. The van der Waals surface area contributed by atoms with Gasteiger partial charge in [0.15, 0.2) is 0 Å². The molecule has 0 unspecified atom stereocenters. The predicted octanol–water partition coefficient (Wildman–Crippen LogP) is 3.97. The van der Waals surface area contributed by atoms with Gasteiger partial charge in [-0.15, -0.1) is 0 Å². The van der Waals surface area contributed by atoms with Gasteiger partial charge < -0.3 is 14.8 Å². The Balaban J connectivity index is 1.56. The molecule has 1 fully saturated rings. The second-order valence-corrected chi connectivity index (χ2v) is 8.01. The lowest BCUT2D eigenvalue weighted by molar-refractivity contribution is -0.139. The average Bonchev–Trinajstić information content (AvgIpc) is 3.27. The maximum absolute atomic E-state index is 11.9. The maximum atomic E-state index is 11.9. The van der Waals surface area contributed by atoms with Crippen LogP contribution in [0.2, 0.25) is 15.1 Å². The lowest BCUT2D eigenvalue weighted by atomic mass is 10.2. The summed E-state index contributed by atoms with van der Waals surface area (Å²) in [5, 5.41) is 7.71. The highest BCUT2D eigenvalue weighted by molar-refractivity contribution is 6.42. The average molecular weight is 485 g/mol. The molecule has 1 heterocycles. The zero-order valence-electron chi connectivity index (χ0n) is 16.4. The van der Waals surface area contributed by atoms with Crippen LogP contribution >= 0.6 is 34.8 Å². The van der Waals surface area contributed by atoms with E-state index in [1.54, 1.807) is 36.4 Å². The van der Waals surface area contributed by atoms with E-state index in [2.05, 4.69) is 15.8 Å². The summed E-state index contributed by atoms with van der Waals surface area (Å²) in [5.41, 5.74) is 3.53. The van der Waals surface area contributed by atoms with Gasteiger partial charge in [0.05, 0.1) is 22.4 Å². The van der Waals surface area contributed by atoms with E-state index in [1.807, 2.05) is 0 Å². The van der Waals surface area contributed by atoms with Gasteiger partial charge in [-0.2, -0.15) is 5.10 Å². The van der Waals surface area contributed by atoms with Gasteiger partial charge >= 0.3 is 11.8 Å². The zero-order valence-corrected chi connectivity index (χ0v) is 18.6. The predicted molar refractivity (Wildman–Crippen MR) is 120 cm³/mol. The summed E-state index contributed by atoms with van der Waals surface area (Å²) in [6.45, 7) is 1.19. The Morgan fingerprint density at radius 1 is 1.13 bits per heavy atom. The van der Waals surface area contributed by atoms with Crippen molar-refractivity contribution in [1.29, 1.82) is 0 Å². The van der Waals surface area contributed by atoms with Gasteiger partial charge in [-0.25, -0.2) is 5.43 Å². The number of amides is 2. The van der Waals surface area contributed by atoms with E-state index in [0.717, 1.165) is 18.4 Å². The van der Waals surface area contributed by atoms with Crippen molar-refractivity contribution in [3.05, 3.63) is 62.6 Å².